The zero-order valence-corrected chi connectivity index (χ0v) is 19.0. The highest BCUT2D eigenvalue weighted by molar-refractivity contribution is 7.15. The number of rotatable bonds is 7. The lowest BCUT2D eigenvalue weighted by Gasteiger charge is -2.09. The second-order valence-corrected chi connectivity index (χ2v) is 8.56. The Kier molecular flexibility index (Phi) is 6.06. The minimum Gasteiger partial charge on any atom is -0.489 e. The molecule has 5 aromatic rings. The van der Waals surface area contributed by atoms with Crippen LogP contribution in [0.15, 0.2) is 90.4 Å². The van der Waals surface area contributed by atoms with E-state index in [-0.39, 0.29) is 12.3 Å². The van der Waals surface area contributed by atoms with Crippen LogP contribution in [-0.4, -0.2) is 15.3 Å². The van der Waals surface area contributed by atoms with Crippen molar-refractivity contribution in [2.45, 2.75) is 13.0 Å². The molecule has 1 amide bonds. The van der Waals surface area contributed by atoms with Crippen molar-refractivity contribution < 1.29 is 9.53 Å². The van der Waals surface area contributed by atoms with Crippen molar-refractivity contribution in [3.63, 3.8) is 0 Å². The van der Waals surface area contributed by atoms with Gasteiger partial charge in [0.1, 0.15) is 12.4 Å². The largest absolute Gasteiger partial charge is 0.489 e. The summed E-state index contributed by atoms with van der Waals surface area (Å²) in [5.74, 6) is 0.522. The topological polar surface area (TPSA) is 79.4 Å². The minimum absolute atomic E-state index is 0.117. The monoisotopic (exact) mass is 464 g/mol. The number of carbonyl (C=O) groups is 1. The van der Waals surface area contributed by atoms with Gasteiger partial charge in [0, 0.05) is 34.6 Å². The summed E-state index contributed by atoms with van der Waals surface area (Å²) in [5.41, 5.74) is 4.99. The molecule has 7 heteroatoms. The second-order valence-electron chi connectivity index (χ2n) is 7.73. The van der Waals surface area contributed by atoms with Gasteiger partial charge in [-0.05, 0) is 29.8 Å². The molecule has 6 nitrogen and oxygen atoms in total. The Morgan fingerprint density at radius 1 is 1.06 bits per heavy atom. The molecular weight excluding hydrogens is 444 g/mol. The fourth-order valence-corrected chi connectivity index (χ4v) is 4.51. The fourth-order valence-electron chi connectivity index (χ4n) is 3.64. The van der Waals surface area contributed by atoms with Crippen molar-refractivity contribution in [3.8, 4) is 23.1 Å². The van der Waals surface area contributed by atoms with Crippen LogP contribution >= 0.6 is 11.3 Å². The van der Waals surface area contributed by atoms with E-state index in [1.54, 1.807) is 18.2 Å². The Labute approximate surface area is 200 Å². The van der Waals surface area contributed by atoms with E-state index in [0.717, 1.165) is 27.5 Å². The summed E-state index contributed by atoms with van der Waals surface area (Å²) in [6.07, 6.45) is 2.20. The molecule has 0 unspecified atom stereocenters. The normalized spacial score (nSPS) is 10.7. The van der Waals surface area contributed by atoms with E-state index in [2.05, 4.69) is 16.4 Å². The maximum absolute atomic E-state index is 12.7. The first-order chi connectivity index (χ1) is 16.7. The zero-order valence-electron chi connectivity index (χ0n) is 18.1. The van der Waals surface area contributed by atoms with Gasteiger partial charge in [-0.25, -0.2) is 4.98 Å². The SMILES string of the molecule is N#Cc1cccc(COc2cccc(NC(=O)Cc3csc4nc(-c5ccccc5)cn34)c2)c1. The maximum Gasteiger partial charge on any atom is 0.230 e. The molecule has 0 atom stereocenters. The summed E-state index contributed by atoms with van der Waals surface area (Å²) in [7, 11) is 0. The van der Waals surface area contributed by atoms with E-state index in [1.807, 2.05) is 76.6 Å². The number of nitriles is 1. The van der Waals surface area contributed by atoms with E-state index >= 15 is 0 Å². The number of ether oxygens (including phenoxy) is 1. The van der Waals surface area contributed by atoms with Crippen LogP contribution in [-0.2, 0) is 17.8 Å². The van der Waals surface area contributed by atoms with Crippen molar-refractivity contribution in [2.75, 3.05) is 5.32 Å². The number of hydrogen-bond acceptors (Lipinski definition) is 5. The molecule has 1 N–H and O–H groups in total. The van der Waals surface area contributed by atoms with Crippen LogP contribution in [0.5, 0.6) is 5.75 Å². The fraction of sp³-hybridized carbons (Fsp3) is 0.0741. The first-order valence-corrected chi connectivity index (χ1v) is 11.6. The summed E-state index contributed by atoms with van der Waals surface area (Å²) >= 11 is 1.52. The molecule has 0 saturated heterocycles. The zero-order chi connectivity index (χ0) is 23.3. The molecule has 0 saturated carbocycles. The van der Waals surface area contributed by atoms with Crippen LogP contribution < -0.4 is 10.1 Å². The number of thiazole rings is 1. The number of benzene rings is 3. The molecule has 5 rings (SSSR count). The minimum atomic E-state index is -0.117. The molecule has 0 aliphatic heterocycles. The van der Waals surface area contributed by atoms with Crippen LogP contribution in [0.4, 0.5) is 5.69 Å². The Balaban J connectivity index is 1.24. The molecule has 0 spiro atoms. The summed E-state index contributed by atoms with van der Waals surface area (Å²) in [6.45, 7) is 0.337. The van der Waals surface area contributed by atoms with Gasteiger partial charge in [0.15, 0.2) is 4.96 Å². The Morgan fingerprint density at radius 3 is 2.76 bits per heavy atom. The second kappa shape index (κ2) is 9.61. The standard InChI is InChI=1S/C27H20N4O2S/c28-15-19-6-4-7-20(12-19)17-33-24-11-5-10-22(13-24)29-26(32)14-23-18-34-27-30-25(16-31(23)27)21-8-2-1-3-9-21/h1-13,16,18H,14,17H2,(H,29,32). The summed E-state index contributed by atoms with van der Waals surface area (Å²) in [4.78, 5) is 18.3. The van der Waals surface area contributed by atoms with Crippen LogP contribution in [0.1, 0.15) is 16.8 Å². The predicted molar refractivity (Wildman–Crippen MR) is 133 cm³/mol. The van der Waals surface area contributed by atoms with Crippen molar-refractivity contribution in [1.29, 1.82) is 5.26 Å². The summed E-state index contributed by atoms with van der Waals surface area (Å²) in [6, 6.07) is 26.7. The van der Waals surface area contributed by atoms with Crippen molar-refractivity contribution >= 4 is 27.9 Å². The van der Waals surface area contributed by atoms with E-state index in [4.69, 9.17) is 10.00 Å². The molecule has 3 aromatic carbocycles. The van der Waals surface area contributed by atoms with E-state index < -0.39 is 0 Å². The predicted octanol–water partition coefficient (Wildman–Crippen LogP) is 5.69. The number of hydrogen-bond donors (Lipinski definition) is 1. The molecule has 0 radical (unpaired) electrons. The summed E-state index contributed by atoms with van der Waals surface area (Å²) in [5, 5.41) is 13.9. The van der Waals surface area contributed by atoms with Gasteiger partial charge < -0.3 is 10.1 Å². The Bertz CT molecular complexity index is 1500. The number of carbonyl (C=O) groups excluding carboxylic acids is 1. The van der Waals surface area contributed by atoms with Crippen LogP contribution in [0.2, 0.25) is 0 Å². The maximum atomic E-state index is 12.7. The van der Waals surface area contributed by atoms with Crippen LogP contribution in [0, 0.1) is 11.3 Å². The van der Waals surface area contributed by atoms with Gasteiger partial charge in [-0.3, -0.25) is 9.20 Å². The molecule has 2 aromatic heterocycles. The third-order valence-electron chi connectivity index (χ3n) is 5.27. The molecule has 0 bridgehead atoms. The van der Waals surface area contributed by atoms with Crippen molar-refractivity contribution in [3.05, 3.63) is 107 Å². The number of nitrogens with zero attached hydrogens (tertiary/aromatic N) is 3. The third-order valence-corrected chi connectivity index (χ3v) is 6.16. The Hall–Kier alpha value is -4.41. The number of anilines is 1. The van der Waals surface area contributed by atoms with Gasteiger partial charge in [0.25, 0.3) is 0 Å². The first kappa shape index (κ1) is 21.4. The Morgan fingerprint density at radius 2 is 1.91 bits per heavy atom. The molecular formula is C27H20N4O2S. The number of nitrogens with one attached hydrogen (secondary N) is 1. The van der Waals surface area contributed by atoms with E-state index in [1.165, 1.54) is 11.3 Å². The number of imidazole rings is 1. The lowest BCUT2D eigenvalue weighted by atomic mass is 10.1. The molecule has 0 aliphatic carbocycles. The molecule has 0 aliphatic rings. The van der Waals surface area contributed by atoms with Crippen LogP contribution in [0.3, 0.4) is 0 Å². The van der Waals surface area contributed by atoms with Gasteiger partial charge >= 0.3 is 0 Å². The van der Waals surface area contributed by atoms with Crippen LogP contribution in [0.25, 0.3) is 16.2 Å². The number of amides is 1. The van der Waals surface area contributed by atoms with Gasteiger partial charge in [-0.1, -0.05) is 48.5 Å². The quantitative estimate of drug-likeness (QED) is 0.335. The average Bonchev–Trinajstić information content (AvgIpc) is 3.46. The van der Waals surface area contributed by atoms with Gasteiger partial charge in [-0.15, -0.1) is 11.3 Å². The third kappa shape index (κ3) is 4.82. The lowest BCUT2D eigenvalue weighted by Crippen LogP contribution is -2.15. The molecule has 2 heterocycles. The molecule has 166 valence electrons. The number of aromatic nitrogens is 2. The molecule has 0 fully saturated rings. The van der Waals surface area contributed by atoms with E-state index in [9.17, 15) is 4.79 Å². The van der Waals surface area contributed by atoms with E-state index in [0.29, 0.717) is 23.6 Å². The summed E-state index contributed by atoms with van der Waals surface area (Å²) < 4.78 is 7.82. The van der Waals surface area contributed by atoms with Gasteiger partial charge in [-0.2, -0.15) is 5.26 Å². The number of fused-ring (bicyclic) bond motifs is 1. The van der Waals surface area contributed by atoms with Crippen molar-refractivity contribution in [2.24, 2.45) is 0 Å². The first-order valence-electron chi connectivity index (χ1n) is 10.7. The highest BCUT2D eigenvalue weighted by atomic mass is 32.1. The highest BCUT2D eigenvalue weighted by Gasteiger charge is 2.13. The van der Waals surface area contributed by atoms with Gasteiger partial charge in [0.05, 0.1) is 23.7 Å². The highest BCUT2D eigenvalue weighted by Crippen LogP contribution is 2.24. The molecule has 34 heavy (non-hydrogen) atoms. The smallest absolute Gasteiger partial charge is 0.230 e. The van der Waals surface area contributed by atoms with Gasteiger partial charge in [0.2, 0.25) is 5.91 Å². The lowest BCUT2D eigenvalue weighted by molar-refractivity contribution is -0.115. The average molecular weight is 465 g/mol. The van der Waals surface area contributed by atoms with Crippen molar-refractivity contribution in [1.82, 2.24) is 9.38 Å².